The summed E-state index contributed by atoms with van der Waals surface area (Å²) in [4.78, 5) is 51.1. The third-order valence-electron chi connectivity index (χ3n) is 6.03. The van der Waals surface area contributed by atoms with Gasteiger partial charge < -0.3 is 15.4 Å². The molecule has 2 aromatic rings. The predicted molar refractivity (Wildman–Crippen MR) is 122 cm³/mol. The van der Waals surface area contributed by atoms with Gasteiger partial charge in [0.2, 0.25) is 0 Å². The van der Waals surface area contributed by atoms with Crippen LogP contribution >= 0.6 is 0 Å². The average molecular weight is 450 g/mol. The van der Waals surface area contributed by atoms with Crippen molar-refractivity contribution >= 4 is 29.5 Å². The van der Waals surface area contributed by atoms with Crippen LogP contribution in [0.4, 0.5) is 10.5 Å². The second-order valence-electron chi connectivity index (χ2n) is 8.26. The predicted octanol–water partition coefficient (Wildman–Crippen LogP) is 4.11. The maximum atomic E-state index is 12.9. The largest absolute Gasteiger partial charge is 0.462 e. The molecule has 8 nitrogen and oxygen atoms in total. The first-order chi connectivity index (χ1) is 16.0. The zero-order valence-electron chi connectivity index (χ0n) is 18.6. The summed E-state index contributed by atoms with van der Waals surface area (Å²) < 4.78 is 4.95. The monoisotopic (exact) mass is 449 g/mol. The molecular formula is C25H27N3O5. The second-order valence-corrected chi connectivity index (χ2v) is 8.26. The minimum Gasteiger partial charge on any atom is -0.462 e. The number of hydrogen-bond acceptors (Lipinski definition) is 5. The fraction of sp³-hybridized carbons (Fsp3) is 0.360. The number of fused-ring (bicyclic) bond motifs is 1. The highest BCUT2D eigenvalue weighted by Gasteiger charge is 2.40. The van der Waals surface area contributed by atoms with E-state index in [1.165, 1.54) is 4.90 Å². The number of ether oxygens (including phenoxy) is 1. The maximum absolute atomic E-state index is 12.9. The molecule has 1 fully saturated rings. The minimum absolute atomic E-state index is 0.0407. The lowest BCUT2D eigenvalue weighted by molar-refractivity contribution is 0.0521. The van der Waals surface area contributed by atoms with Gasteiger partial charge in [-0.15, -0.1) is 0 Å². The number of anilines is 1. The van der Waals surface area contributed by atoms with Crippen molar-refractivity contribution in [2.75, 3.05) is 11.9 Å². The molecule has 0 spiro atoms. The number of rotatable bonds is 6. The zero-order valence-corrected chi connectivity index (χ0v) is 18.6. The molecule has 4 rings (SSSR count). The van der Waals surface area contributed by atoms with Gasteiger partial charge in [0, 0.05) is 18.3 Å². The summed E-state index contributed by atoms with van der Waals surface area (Å²) in [6.07, 6.45) is 4.88. The van der Waals surface area contributed by atoms with E-state index in [0.717, 1.165) is 37.7 Å². The third kappa shape index (κ3) is 4.89. The first-order valence-electron chi connectivity index (χ1n) is 11.3. The summed E-state index contributed by atoms with van der Waals surface area (Å²) in [7, 11) is 0. The summed E-state index contributed by atoms with van der Waals surface area (Å²) in [6, 6.07) is 11.1. The minimum atomic E-state index is -0.440. The van der Waals surface area contributed by atoms with Crippen LogP contribution in [0.1, 0.15) is 75.7 Å². The highest BCUT2D eigenvalue weighted by atomic mass is 16.5. The molecule has 172 valence electrons. The number of nitrogens with one attached hydrogen (secondary N) is 2. The Morgan fingerprint density at radius 2 is 1.67 bits per heavy atom. The SMILES string of the molecule is CCOC(=O)c1ccc(CNC(=O)Nc2ccc3c(c2)C(=O)N(C2CCCCC2)C3=O)cc1. The third-order valence-corrected chi connectivity index (χ3v) is 6.03. The Kier molecular flexibility index (Phi) is 6.72. The molecule has 0 radical (unpaired) electrons. The summed E-state index contributed by atoms with van der Waals surface area (Å²) in [6.45, 7) is 2.31. The van der Waals surface area contributed by atoms with E-state index in [-0.39, 0.29) is 30.4 Å². The average Bonchev–Trinajstić information content (AvgIpc) is 3.08. The first-order valence-corrected chi connectivity index (χ1v) is 11.3. The molecule has 1 aliphatic heterocycles. The molecule has 0 saturated heterocycles. The molecule has 2 aromatic carbocycles. The molecule has 4 amide bonds. The van der Waals surface area contributed by atoms with E-state index in [9.17, 15) is 19.2 Å². The van der Waals surface area contributed by atoms with Crippen molar-refractivity contribution in [1.29, 1.82) is 0 Å². The van der Waals surface area contributed by atoms with E-state index in [1.807, 2.05) is 0 Å². The van der Waals surface area contributed by atoms with Crippen molar-refractivity contribution in [3.63, 3.8) is 0 Å². The number of carbonyl (C=O) groups is 4. The maximum Gasteiger partial charge on any atom is 0.338 e. The Morgan fingerprint density at radius 3 is 2.36 bits per heavy atom. The van der Waals surface area contributed by atoms with Gasteiger partial charge in [-0.05, 0) is 55.7 Å². The molecule has 1 aliphatic carbocycles. The van der Waals surface area contributed by atoms with E-state index in [4.69, 9.17) is 4.74 Å². The molecule has 1 heterocycles. The fourth-order valence-electron chi connectivity index (χ4n) is 4.34. The molecule has 0 bridgehead atoms. The van der Waals surface area contributed by atoms with Crippen LogP contribution in [0.3, 0.4) is 0 Å². The Morgan fingerprint density at radius 1 is 0.970 bits per heavy atom. The van der Waals surface area contributed by atoms with Gasteiger partial charge in [-0.25, -0.2) is 9.59 Å². The molecule has 1 saturated carbocycles. The molecule has 0 atom stereocenters. The van der Waals surface area contributed by atoms with Gasteiger partial charge >= 0.3 is 12.0 Å². The van der Waals surface area contributed by atoms with Crippen LogP contribution in [-0.4, -0.2) is 41.4 Å². The van der Waals surface area contributed by atoms with Crippen LogP contribution in [0.5, 0.6) is 0 Å². The number of imide groups is 1. The Hall–Kier alpha value is -3.68. The number of carbonyl (C=O) groups excluding carboxylic acids is 4. The number of esters is 1. The van der Waals surface area contributed by atoms with Gasteiger partial charge in [-0.2, -0.15) is 0 Å². The smallest absolute Gasteiger partial charge is 0.338 e. The number of hydrogen-bond donors (Lipinski definition) is 2. The normalized spacial score (nSPS) is 15.8. The van der Waals surface area contributed by atoms with Gasteiger partial charge in [-0.3, -0.25) is 14.5 Å². The highest BCUT2D eigenvalue weighted by Crippen LogP contribution is 2.32. The number of urea groups is 1. The van der Waals surface area contributed by atoms with Crippen molar-refractivity contribution in [2.45, 2.75) is 51.6 Å². The summed E-state index contributed by atoms with van der Waals surface area (Å²) >= 11 is 0. The molecule has 0 unspecified atom stereocenters. The van der Waals surface area contributed by atoms with Crippen LogP contribution in [-0.2, 0) is 11.3 Å². The van der Waals surface area contributed by atoms with Crippen molar-refractivity contribution < 1.29 is 23.9 Å². The fourth-order valence-corrected chi connectivity index (χ4v) is 4.34. The lowest BCUT2D eigenvalue weighted by Crippen LogP contribution is -2.40. The van der Waals surface area contributed by atoms with Gasteiger partial charge in [0.1, 0.15) is 0 Å². The Bertz CT molecular complexity index is 1070. The van der Waals surface area contributed by atoms with E-state index >= 15 is 0 Å². The first kappa shape index (κ1) is 22.5. The van der Waals surface area contributed by atoms with Crippen molar-refractivity contribution in [2.24, 2.45) is 0 Å². The van der Waals surface area contributed by atoms with E-state index in [0.29, 0.717) is 29.0 Å². The zero-order chi connectivity index (χ0) is 23.4. The lowest BCUT2D eigenvalue weighted by Gasteiger charge is -2.29. The van der Waals surface area contributed by atoms with Crippen LogP contribution in [0.15, 0.2) is 42.5 Å². The molecular weight excluding hydrogens is 422 g/mol. The van der Waals surface area contributed by atoms with Gasteiger partial charge in [-0.1, -0.05) is 31.4 Å². The quantitative estimate of drug-likeness (QED) is 0.510. The van der Waals surface area contributed by atoms with Crippen LogP contribution in [0.25, 0.3) is 0 Å². The van der Waals surface area contributed by atoms with Crippen LogP contribution in [0.2, 0.25) is 0 Å². The Labute approximate surface area is 192 Å². The van der Waals surface area contributed by atoms with Crippen molar-refractivity contribution in [1.82, 2.24) is 10.2 Å². The standard InChI is InChI=1S/C25H27N3O5/c1-2-33-24(31)17-10-8-16(9-11-17)15-26-25(32)27-18-12-13-20-21(14-18)23(30)28(22(20)29)19-6-4-3-5-7-19/h8-14,19H,2-7,15H2,1H3,(H2,26,27,32). The summed E-state index contributed by atoms with van der Waals surface area (Å²) in [5, 5.41) is 5.45. The van der Waals surface area contributed by atoms with Crippen molar-refractivity contribution in [3.05, 3.63) is 64.7 Å². The van der Waals surface area contributed by atoms with Gasteiger partial charge in [0.25, 0.3) is 11.8 Å². The van der Waals surface area contributed by atoms with Crippen LogP contribution < -0.4 is 10.6 Å². The molecule has 8 heteroatoms. The summed E-state index contributed by atoms with van der Waals surface area (Å²) in [5.41, 5.74) is 2.42. The van der Waals surface area contributed by atoms with E-state index < -0.39 is 6.03 Å². The van der Waals surface area contributed by atoms with Crippen LogP contribution in [0, 0.1) is 0 Å². The number of nitrogens with zero attached hydrogens (tertiary/aromatic N) is 1. The highest BCUT2D eigenvalue weighted by molar-refractivity contribution is 6.22. The number of amides is 4. The van der Waals surface area contributed by atoms with Gasteiger partial charge in [0.15, 0.2) is 0 Å². The molecule has 2 N–H and O–H groups in total. The van der Waals surface area contributed by atoms with Gasteiger partial charge in [0.05, 0.1) is 23.3 Å². The molecule has 0 aromatic heterocycles. The number of benzene rings is 2. The second kappa shape index (κ2) is 9.85. The van der Waals surface area contributed by atoms with E-state index in [2.05, 4.69) is 10.6 Å². The molecule has 2 aliphatic rings. The lowest BCUT2D eigenvalue weighted by atomic mass is 9.94. The molecule has 33 heavy (non-hydrogen) atoms. The Balaban J connectivity index is 1.35. The topological polar surface area (TPSA) is 105 Å². The summed E-state index contributed by atoms with van der Waals surface area (Å²) in [5.74, 6) is -0.918. The van der Waals surface area contributed by atoms with E-state index in [1.54, 1.807) is 49.4 Å². The van der Waals surface area contributed by atoms with Crippen molar-refractivity contribution in [3.8, 4) is 0 Å².